The standard InChI is InChI=1S/C10H16N2/c1-3-7-12-10-6-4-5-9(8-10)11-2/h4-6,8,11-12H,3,7H2,1-2H3. The van der Waals surface area contributed by atoms with E-state index in [0.29, 0.717) is 0 Å². The molecule has 2 N–H and O–H groups in total. The van der Waals surface area contributed by atoms with Crippen molar-refractivity contribution in [2.24, 2.45) is 0 Å². The second-order valence-corrected chi connectivity index (χ2v) is 2.76. The summed E-state index contributed by atoms with van der Waals surface area (Å²) in [4.78, 5) is 0. The van der Waals surface area contributed by atoms with Gasteiger partial charge in [0, 0.05) is 25.0 Å². The van der Waals surface area contributed by atoms with E-state index in [1.54, 1.807) is 0 Å². The van der Waals surface area contributed by atoms with Crippen molar-refractivity contribution in [3.05, 3.63) is 24.3 Å². The average molecular weight is 164 g/mol. The fourth-order valence-electron chi connectivity index (χ4n) is 1.05. The zero-order chi connectivity index (χ0) is 8.81. The van der Waals surface area contributed by atoms with Crippen molar-refractivity contribution in [3.63, 3.8) is 0 Å². The topological polar surface area (TPSA) is 24.1 Å². The lowest BCUT2D eigenvalue weighted by Crippen LogP contribution is -1.99. The highest BCUT2D eigenvalue weighted by atomic mass is 14.9. The lowest BCUT2D eigenvalue weighted by Gasteiger charge is -2.06. The quantitative estimate of drug-likeness (QED) is 0.714. The first-order valence-electron chi connectivity index (χ1n) is 4.38. The first kappa shape index (κ1) is 8.91. The van der Waals surface area contributed by atoms with Crippen LogP contribution in [0.1, 0.15) is 13.3 Å². The van der Waals surface area contributed by atoms with Crippen molar-refractivity contribution in [1.29, 1.82) is 0 Å². The molecule has 12 heavy (non-hydrogen) atoms. The number of hydrogen-bond acceptors (Lipinski definition) is 2. The molecule has 0 bridgehead atoms. The predicted octanol–water partition coefficient (Wildman–Crippen LogP) is 2.55. The van der Waals surface area contributed by atoms with Crippen LogP contribution >= 0.6 is 0 Å². The molecule has 1 aromatic rings. The molecule has 0 aliphatic rings. The molecular formula is C10H16N2. The molecule has 1 rings (SSSR count). The van der Waals surface area contributed by atoms with Gasteiger partial charge in [0.05, 0.1) is 0 Å². The lowest BCUT2D eigenvalue weighted by atomic mass is 10.2. The monoisotopic (exact) mass is 164 g/mol. The van der Waals surface area contributed by atoms with Crippen LogP contribution in [0.15, 0.2) is 24.3 Å². The molecule has 2 nitrogen and oxygen atoms in total. The number of hydrogen-bond donors (Lipinski definition) is 2. The zero-order valence-electron chi connectivity index (χ0n) is 7.72. The zero-order valence-corrected chi connectivity index (χ0v) is 7.72. The van der Waals surface area contributed by atoms with Crippen molar-refractivity contribution < 1.29 is 0 Å². The van der Waals surface area contributed by atoms with Crippen LogP contribution in [0.4, 0.5) is 11.4 Å². The van der Waals surface area contributed by atoms with Crippen LogP contribution in [0.3, 0.4) is 0 Å². The van der Waals surface area contributed by atoms with Crippen LogP contribution in [-0.4, -0.2) is 13.6 Å². The van der Waals surface area contributed by atoms with Gasteiger partial charge < -0.3 is 10.6 Å². The molecule has 0 spiro atoms. The summed E-state index contributed by atoms with van der Waals surface area (Å²) in [6.07, 6.45) is 1.16. The fraction of sp³-hybridized carbons (Fsp3) is 0.400. The minimum absolute atomic E-state index is 1.03. The highest BCUT2D eigenvalue weighted by Crippen LogP contribution is 2.13. The van der Waals surface area contributed by atoms with Gasteiger partial charge in [-0.3, -0.25) is 0 Å². The van der Waals surface area contributed by atoms with E-state index in [1.807, 2.05) is 13.1 Å². The highest BCUT2D eigenvalue weighted by molar-refractivity contribution is 5.56. The minimum atomic E-state index is 1.03. The Morgan fingerprint density at radius 2 is 2.00 bits per heavy atom. The summed E-state index contributed by atoms with van der Waals surface area (Å²) in [6.45, 7) is 3.20. The van der Waals surface area contributed by atoms with Gasteiger partial charge in [-0.05, 0) is 24.6 Å². The van der Waals surface area contributed by atoms with Gasteiger partial charge in [-0.25, -0.2) is 0 Å². The molecule has 0 atom stereocenters. The maximum absolute atomic E-state index is 3.33. The summed E-state index contributed by atoms with van der Waals surface area (Å²) in [5, 5.41) is 6.43. The van der Waals surface area contributed by atoms with Crippen LogP contribution in [0, 0.1) is 0 Å². The Balaban J connectivity index is 2.60. The van der Waals surface area contributed by atoms with E-state index >= 15 is 0 Å². The van der Waals surface area contributed by atoms with Crippen LogP contribution in [0.25, 0.3) is 0 Å². The van der Waals surface area contributed by atoms with Crippen molar-refractivity contribution in [2.75, 3.05) is 24.2 Å². The average Bonchev–Trinajstić information content (AvgIpc) is 2.15. The molecule has 0 radical (unpaired) electrons. The SMILES string of the molecule is CCCNc1cccc(NC)c1. The third-order valence-corrected chi connectivity index (χ3v) is 1.73. The van der Waals surface area contributed by atoms with Crippen LogP contribution in [-0.2, 0) is 0 Å². The Hall–Kier alpha value is -1.18. The Morgan fingerprint density at radius 1 is 1.25 bits per heavy atom. The Bertz CT molecular complexity index is 233. The van der Waals surface area contributed by atoms with E-state index in [2.05, 4.69) is 35.8 Å². The van der Waals surface area contributed by atoms with E-state index in [-0.39, 0.29) is 0 Å². The number of benzene rings is 1. The van der Waals surface area contributed by atoms with Gasteiger partial charge in [0.25, 0.3) is 0 Å². The van der Waals surface area contributed by atoms with Crippen LogP contribution in [0.2, 0.25) is 0 Å². The molecule has 0 amide bonds. The van der Waals surface area contributed by atoms with Crippen LogP contribution < -0.4 is 10.6 Å². The van der Waals surface area contributed by atoms with E-state index in [9.17, 15) is 0 Å². The molecule has 0 saturated carbocycles. The molecule has 0 unspecified atom stereocenters. The number of anilines is 2. The van der Waals surface area contributed by atoms with Crippen molar-refractivity contribution >= 4 is 11.4 Å². The summed E-state index contributed by atoms with van der Waals surface area (Å²) in [7, 11) is 1.93. The number of nitrogens with one attached hydrogen (secondary N) is 2. The Labute approximate surface area is 74.0 Å². The molecule has 0 aliphatic heterocycles. The number of rotatable bonds is 4. The predicted molar refractivity (Wildman–Crippen MR) is 54.8 cm³/mol. The van der Waals surface area contributed by atoms with Crippen molar-refractivity contribution in [3.8, 4) is 0 Å². The van der Waals surface area contributed by atoms with Crippen LogP contribution in [0.5, 0.6) is 0 Å². The van der Waals surface area contributed by atoms with Gasteiger partial charge in [0.15, 0.2) is 0 Å². The smallest absolute Gasteiger partial charge is 0.0360 e. The first-order valence-corrected chi connectivity index (χ1v) is 4.38. The third kappa shape index (κ3) is 2.46. The lowest BCUT2D eigenvalue weighted by molar-refractivity contribution is 0.980. The Morgan fingerprint density at radius 3 is 2.67 bits per heavy atom. The van der Waals surface area contributed by atoms with Gasteiger partial charge in [-0.2, -0.15) is 0 Å². The molecular weight excluding hydrogens is 148 g/mol. The molecule has 0 saturated heterocycles. The molecule has 2 heteroatoms. The van der Waals surface area contributed by atoms with Gasteiger partial charge in [-0.1, -0.05) is 13.0 Å². The van der Waals surface area contributed by atoms with Crippen molar-refractivity contribution in [2.45, 2.75) is 13.3 Å². The van der Waals surface area contributed by atoms with Crippen molar-refractivity contribution in [1.82, 2.24) is 0 Å². The fourth-order valence-corrected chi connectivity index (χ4v) is 1.05. The normalized spacial score (nSPS) is 9.50. The van der Waals surface area contributed by atoms with E-state index < -0.39 is 0 Å². The minimum Gasteiger partial charge on any atom is -0.388 e. The van der Waals surface area contributed by atoms with E-state index in [1.165, 1.54) is 5.69 Å². The summed E-state index contributed by atoms with van der Waals surface area (Å²) in [5.74, 6) is 0. The van der Waals surface area contributed by atoms with E-state index in [0.717, 1.165) is 18.7 Å². The largest absolute Gasteiger partial charge is 0.388 e. The Kier molecular flexibility index (Phi) is 3.45. The second kappa shape index (κ2) is 4.65. The van der Waals surface area contributed by atoms with Gasteiger partial charge >= 0.3 is 0 Å². The molecule has 0 heterocycles. The van der Waals surface area contributed by atoms with Gasteiger partial charge in [-0.15, -0.1) is 0 Å². The molecule has 0 fully saturated rings. The summed E-state index contributed by atoms with van der Waals surface area (Å²) in [6, 6.07) is 8.28. The summed E-state index contributed by atoms with van der Waals surface area (Å²) >= 11 is 0. The molecule has 0 aliphatic carbocycles. The van der Waals surface area contributed by atoms with E-state index in [4.69, 9.17) is 0 Å². The highest BCUT2D eigenvalue weighted by Gasteiger charge is 1.91. The summed E-state index contributed by atoms with van der Waals surface area (Å²) < 4.78 is 0. The third-order valence-electron chi connectivity index (χ3n) is 1.73. The second-order valence-electron chi connectivity index (χ2n) is 2.76. The molecule has 0 aromatic heterocycles. The maximum atomic E-state index is 3.33. The molecule has 1 aromatic carbocycles. The van der Waals surface area contributed by atoms with Gasteiger partial charge in [0.2, 0.25) is 0 Å². The first-order chi connectivity index (χ1) is 5.86. The maximum Gasteiger partial charge on any atom is 0.0360 e. The molecule has 66 valence electrons. The summed E-state index contributed by atoms with van der Waals surface area (Å²) in [5.41, 5.74) is 2.33. The van der Waals surface area contributed by atoms with Gasteiger partial charge in [0.1, 0.15) is 0 Å².